The highest BCUT2D eigenvalue weighted by molar-refractivity contribution is 5.94. The average Bonchev–Trinajstić information content (AvgIpc) is 2.79. The molecule has 1 heterocycles. The standard InChI is InChI=1S/C26H44N2/c1-16-17(2)19(4)23-21(18(16)3)22(20(5)27(23)14)26(12,13)15-28(24(6,7)8)25(9,10)11/h15H2,1-14H3. The Labute approximate surface area is 174 Å². The predicted molar refractivity (Wildman–Crippen MR) is 126 cm³/mol. The third-order valence-corrected chi connectivity index (χ3v) is 6.95. The predicted octanol–water partition coefficient (Wildman–Crippen LogP) is 6.90. The minimum absolute atomic E-state index is 0.0447. The van der Waals surface area contributed by atoms with Crippen LogP contribution in [0.5, 0.6) is 0 Å². The highest BCUT2D eigenvalue weighted by Gasteiger charge is 2.38. The van der Waals surface area contributed by atoms with E-state index in [9.17, 15) is 0 Å². The van der Waals surface area contributed by atoms with E-state index in [1.54, 1.807) is 0 Å². The highest BCUT2D eigenvalue weighted by Crippen LogP contribution is 2.42. The number of aromatic nitrogens is 1. The van der Waals surface area contributed by atoms with Gasteiger partial charge in [0.05, 0.1) is 5.52 Å². The molecule has 0 N–H and O–H groups in total. The normalized spacial score (nSPS) is 13.8. The molecule has 2 nitrogen and oxygen atoms in total. The molecule has 28 heavy (non-hydrogen) atoms. The molecule has 2 heteroatoms. The second-order valence-electron chi connectivity index (χ2n) is 11.6. The maximum Gasteiger partial charge on any atom is 0.0518 e. The van der Waals surface area contributed by atoms with Crippen molar-refractivity contribution in [3.8, 4) is 0 Å². The summed E-state index contributed by atoms with van der Waals surface area (Å²) in [5.41, 5.74) is 10.4. The first-order valence-corrected chi connectivity index (χ1v) is 10.8. The van der Waals surface area contributed by atoms with Crippen LogP contribution >= 0.6 is 0 Å². The van der Waals surface area contributed by atoms with Crippen molar-refractivity contribution in [2.75, 3.05) is 6.54 Å². The van der Waals surface area contributed by atoms with Crippen LogP contribution in [0.4, 0.5) is 0 Å². The molecular weight excluding hydrogens is 340 g/mol. The largest absolute Gasteiger partial charge is 0.347 e. The van der Waals surface area contributed by atoms with E-state index in [1.807, 2.05) is 0 Å². The van der Waals surface area contributed by atoms with Crippen molar-refractivity contribution in [3.05, 3.63) is 33.5 Å². The van der Waals surface area contributed by atoms with Crippen molar-refractivity contribution in [2.45, 2.75) is 107 Å². The Balaban J connectivity index is 2.81. The molecule has 0 atom stereocenters. The molecule has 158 valence electrons. The topological polar surface area (TPSA) is 8.17 Å². The summed E-state index contributed by atoms with van der Waals surface area (Å²) in [4.78, 5) is 2.67. The van der Waals surface area contributed by atoms with E-state index < -0.39 is 0 Å². The molecule has 2 rings (SSSR count). The van der Waals surface area contributed by atoms with Gasteiger partial charge in [0.2, 0.25) is 0 Å². The molecule has 0 spiro atoms. The number of hydrogen-bond acceptors (Lipinski definition) is 1. The highest BCUT2D eigenvalue weighted by atomic mass is 15.2. The summed E-state index contributed by atoms with van der Waals surface area (Å²) in [6, 6.07) is 0. The molecule has 1 aromatic carbocycles. The minimum Gasteiger partial charge on any atom is -0.347 e. The fourth-order valence-electron chi connectivity index (χ4n) is 5.32. The van der Waals surface area contributed by atoms with Gasteiger partial charge < -0.3 is 4.57 Å². The Morgan fingerprint density at radius 2 is 1.11 bits per heavy atom. The molecule has 0 radical (unpaired) electrons. The Morgan fingerprint density at radius 1 is 0.679 bits per heavy atom. The molecule has 0 aliphatic rings. The van der Waals surface area contributed by atoms with Crippen LogP contribution in [0.2, 0.25) is 0 Å². The fourth-order valence-corrected chi connectivity index (χ4v) is 5.32. The van der Waals surface area contributed by atoms with Crippen molar-refractivity contribution in [1.82, 2.24) is 9.47 Å². The third kappa shape index (κ3) is 3.65. The molecule has 2 aromatic rings. The van der Waals surface area contributed by atoms with Crippen LogP contribution in [0.3, 0.4) is 0 Å². The van der Waals surface area contributed by atoms with Gasteiger partial charge in [-0.1, -0.05) is 13.8 Å². The molecule has 0 aliphatic carbocycles. The van der Waals surface area contributed by atoms with Crippen molar-refractivity contribution < 1.29 is 0 Å². The number of fused-ring (bicyclic) bond motifs is 1. The van der Waals surface area contributed by atoms with Gasteiger partial charge in [-0.3, -0.25) is 4.90 Å². The maximum atomic E-state index is 2.67. The second kappa shape index (κ2) is 6.90. The van der Waals surface area contributed by atoms with Gasteiger partial charge in [0, 0.05) is 41.2 Å². The van der Waals surface area contributed by atoms with Crippen LogP contribution in [0.1, 0.15) is 88.9 Å². The molecule has 0 aliphatic heterocycles. The summed E-state index contributed by atoms with van der Waals surface area (Å²) in [5, 5.41) is 1.48. The van der Waals surface area contributed by atoms with Gasteiger partial charge >= 0.3 is 0 Å². The monoisotopic (exact) mass is 384 g/mol. The van der Waals surface area contributed by atoms with E-state index in [-0.39, 0.29) is 16.5 Å². The summed E-state index contributed by atoms with van der Waals surface area (Å²) >= 11 is 0. The zero-order chi connectivity index (χ0) is 22.0. The summed E-state index contributed by atoms with van der Waals surface area (Å²) < 4.78 is 2.43. The van der Waals surface area contributed by atoms with Gasteiger partial charge in [-0.2, -0.15) is 0 Å². The fraction of sp³-hybridized carbons (Fsp3) is 0.692. The number of aryl methyl sites for hydroxylation is 3. The number of benzene rings is 1. The average molecular weight is 385 g/mol. The zero-order valence-electron chi connectivity index (χ0n) is 21.1. The van der Waals surface area contributed by atoms with Crippen LogP contribution in [-0.2, 0) is 12.5 Å². The zero-order valence-corrected chi connectivity index (χ0v) is 21.1. The van der Waals surface area contributed by atoms with E-state index in [2.05, 4.69) is 107 Å². The lowest BCUT2D eigenvalue weighted by Crippen LogP contribution is -2.56. The maximum absolute atomic E-state index is 2.67. The summed E-state index contributed by atoms with van der Waals surface area (Å²) in [5.74, 6) is 0. The van der Waals surface area contributed by atoms with E-state index in [0.29, 0.717) is 0 Å². The Bertz CT molecular complexity index is 882. The van der Waals surface area contributed by atoms with Crippen LogP contribution in [0.15, 0.2) is 0 Å². The minimum atomic E-state index is 0.0447. The van der Waals surface area contributed by atoms with Crippen LogP contribution < -0.4 is 0 Å². The Hall–Kier alpha value is -1.28. The lowest BCUT2D eigenvalue weighted by molar-refractivity contribution is 0.0201. The molecule has 0 fully saturated rings. The first kappa shape index (κ1) is 23.0. The lowest BCUT2D eigenvalue weighted by atomic mass is 9.78. The van der Waals surface area contributed by atoms with Gasteiger partial charge in [0.15, 0.2) is 0 Å². The van der Waals surface area contributed by atoms with E-state index in [0.717, 1.165) is 6.54 Å². The molecule has 0 unspecified atom stereocenters. The van der Waals surface area contributed by atoms with E-state index >= 15 is 0 Å². The van der Waals surface area contributed by atoms with Gasteiger partial charge in [-0.15, -0.1) is 0 Å². The molecule has 0 saturated heterocycles. The molecule has 0 bridgehead atoms. The molecule has 0 amide bonds. The van der Waals surface area contributed by atoms with E-state index in [1.165, 1.54) is 44.4 Å². The SMILES string of the molecule is Cc1c(C)c(C)c2c(c1C)c(C(C)(C)CN(C(C)(C)C)C(C)(C)C)c(C)n2C. The summed E-state index contributed by atoms with van der Waals surface area (Å²) in [7, 11) is 2.24. The molecule has 1 aromatic heterocycles. The molecule has 0 saturated carbocycles. The van der Waals surface area contributed by atoms with Crippen LogP contribution in [0.25, 0.3) is 10.9 Å². The summed E-state index contributed by atoms with van der Waals surface area (Å²) in [6.45, 7) is 31.4. The molecular formula is C26H44N2. The number of hydrogen-bond donors (Lipinski definition) is 0. The third-order valence-electron chi connectivity index (χ3n) is 6.95. The van der Waals surface area contributed by atoms with Crippen LogP contribution in [-0.4, -0.2) is 27.1 Å². The quantitative estimate of drug-likeness (QED) is 0.559. The Kier molecular flexibility index (Phi) is 5.67. The number of rotatable bonds is 3. The van der Waals surface area contributed by atoms with Crippen molar-refractivity contribution >= 4 is 10.9 Å². The lowest BCUT2D eigenvalue weighted by Gasteiger charge is -2.49. The van der Waals surface area contributed by atoms with Crippen molar-refractivity contribution in [3.63, 3.8) is 0 Å². The Morgan fingerprint density at radius 3 is 1.54 bits per heavy atom. The van der Waals surface area contributed by atoms with Gasteiger partial charge in [0.1, 0.15) is 0 Å². The van der Waals surface area contributed by atoms with E-state index in [4.69, 9.17) is 0 Å². The van der Waals surface area contributed by atoms with Gasteiger partial charge in [0.25, 0.3) is 0 Å². The van der Waals surface area contributed by atoms with Crippen molar-refractivity contribution in [1.29, 1.82) is 0 Å². The first-order valence-electron chi connectivity index (χ1n) is 10.8. The number of nitrogens with zero attached hydrogens (tertiary/aromatic N) is 2. The van der Waals surface area contributed by atoms with Crippen molar-refractivity contribution in [2.24, 2.45) is 7.05 Å². The second-order valence-corrected chi connectivity index (χ2v) is 11.6. The smallest absolute Gasteiger partial charge is 0.0518 e. The van der Waals surface area contributed by atoms with Gasteiger partial charge in [-0.25, -0.2) is 0 Å². The van der Waals surface area contributed by atoms with Crippen LogP contribution in [0, 0.1) is 34.6 Å². The first-order chi connectivity index (χ1) is 12.4. The summed E-state index contributed by atoms with van der Waals surface area (Å²) in [6.07, 6.45) is 0. The van der Waals surface area contributed by atoms with Gasteiger partial charge in [-0.05, 0) is 104 Å².